The van der Waals surface area contributed by atoms with Crippen LogP contribution in [-0.2, 0) is 0 Å². The summed E-state index contributed by atoms with van der Waals surface area (Å²) in [6, 6.07) is 7.99. The van der Waals surface area contributed by atoms with Gasteiger partial charge in [0.15, 0.2) is 22.6 Å². The van der Waals surface area contributed by atoms with Gasteiger partial charge in [-0.3, -0.25) is 9.55 Å². The molecule has 24 heavy (non-hydrogen) atoms. The van der Waals surface area contributed by atoms with Crippen molar-refractivity contribution in [2.45, 2.75) is 16.1 Å². The second-order valence-corrected chi connectivity index (χ2v) is 7.35. The number of rotatable bonds is 4. The molecule has 2 aromatic heterocycles. The molecule has 1 aromatic carbocycles. The molecule has 3 heterocycles. The molecule has 0 bridgehead atoms. The summed E-state index contributed by atoms with van der Waals surface area (Å²) in [7, 11) is 0. The Morgan fingerprint density at radius 1 is 1.21 bits per heavy atom. The summed E-state index contributed by atoms with van der Waals surface area (Å²) in [6.45, 7) is 0. The predicted octanol–water partition coefficient (Wildman–Crippen LogP) is 4.06. The fourth-order valence-corrected chi connectivity index (χ4v) is 4.76. The minimum Gasteiger partial charge on any atom is -0.297 e. The third-order valence-corrected chi connectivity index (χ3v) is 5.91. The molecule has 122 valence electrons. The molecule has 0 saturated carbocycles. The van der Waals surface area contributed by atoms with E-state index in [1.807, 2.05) is 12.1 Å². The maximum absolute atomic E-state index is 13.3. The zero-order chi connectivity index (χ0) is 16.5. The van der Waals surface area contributed by atoms with Crippen molar-refractivity contribution >= 4 is 23.5 Å². The molecular formula is C16H12F2N4S2. The average molecular weight is 362 g/mol. The van der Waals surface area contributed by atoms with E-state index in [2.05, 4.69) is 19.7 Å². The molecule has 1 atom stereocenters. The Labute approximate surface area is 145 Å². The second kappa shape index (κ2) is 6.52. The highest BCUT2D eigenvalue weighted by molar-refractivity contribution is 8.00. The Hall–Kier alpha value is -1.93. The number of hydrogen-bond donors (Lipinski definition) is 0. The maximum atomic E-state index is 13.3. The Bertz CT molecular complexity index is 870. The molecule has 4 rings (SSSR count). The fraction of sp³-hybridized carbons (Fsp3) is 0.188. The summed E-state index contributed by atoms with van der Waals surface area (Å²) >= 11 is 3.15. The SMILES string of the molecule is Fc1ccc(SCC2CSc3nnc(-c4cccnc4)n32)cc1F. The number of nitrogens with zero attached hydrogens (tertiary/aromatic N) is 4. The van der Waals surface area contributed by atoms with Gasteiger partial charge in [0.2, 0.25) is 0 Å². The van der Waals surface area contributed by atoms with E-state index in [1.54, 1.807) is 30.2 Å². The van der Waals surface area contributed by atoms with Crippen molar-refractivity contribution in [1.82, 2.24) is 19.7 Å². The molecule has 0 aliphatic carbocycles. The number of thioether (sulfide) groups is 2. The third-order valence-electron chi connectivity index (χ3n) is 3.69. The summed E-state index contributed by atoms with van der Waals surface area (Å²) in [5.74, 6) is 0.766. The van der Waals surface area contributed by atoms with Crippen LogP contribution < -0.4 is 0 Å². The number of halogens is 2. The van der Waals surface area contributed by atoms with Crippen molar-refractivity contribution in [3.63, 3.8) is 0 Å². The lowest BCUT2D eigenvalue weighted by atomic mass is 10.2. The molecule has 0 spiro atoms. The number of fused-ring (bicyclic) bond motifs is 1. The van der Waals surface area contributed by atoms with Gasteiger partial charge in [0.05, 0.1) is 6.04 Å². The molecule has 1 aliphatic rings. The number of hydrogen-bond acceptors (Lipinski definition) is 5. The van der Waals surface area contributed by atoms with E-state index in [1.165, 1.54) is 17.8 Å². The predicted molar refractivity (Wildman–Crippen MR) is 90.1 cm³/mol. The highest BCUT2D eigenvalue weighted by atomic mass is 32.2. The van der Waals surface area contributed by atoms with Crippen molar-refractivity contribution in [3.05, 3.63) is 54.4 Å². The Morgan fingerprint density at radius 3 is 2.92 bits per heavy atom. The fourth-order valence-electron chi connectivity index (χ4n) is 2.52. The average Bonchev–Trinajstić information content (AvgIpc) is 3.19. The minimum absolute atomic E-state index is 0.188. The monoisotopic (exact) mass is 362 g/mol. The number of benzene rings is 1. The lowest BCUT2D eigenvalue weighted by molar-refractivity contribution is 0.506. The van der Waals surface area contributed by atoms with Crippen LogP contribution in [0.15, 0.2) is 52.8 Å². The van der Waals surface area contributed by atoms with Crippen molar-refractivity contribution < 1.29 is 8.78 Å². The lowest BCUT2D eigenvalue weighted by Crippen LogP contribution is -2.11. The molecule has 1 unspecified atom stereocenters. The second-order valence-electron chi connectivity index (χ2n) is 5.27. The van der Waals surface area contributed by atoms with Gasteiger partial charge < -0.3 is 0 Å². The Balaban J connectivity index is 1.55. The molecule has 1 aliphatic heterocycles. The summed E-state index contributed by atoms with van der Waals surface area (Å²) in [4.78, 5) is 4.84. The minimum atomic E-state index is -0.823. The van der Waals surface area contributed by atoms with Gasteiger partial charge in [-0.25, -0.2) is 8.78 Å². The van der Waals surface area contributed by atoms with Crippen molar-refractivity contribution in [3.8, 4) is 11.4 Å². The highest BCUT2D eigenvalue weighted by Crippen LogP contribution is 2.38. The quantitative estimate of drug-likeness (QED) is 0.655. The van der Waals surface area contributed by atoms with Crippen LogP contribution in [0.25, 0.3) is 11.4 Å². The Kier molecular flexibility index (Phi) is 4.24. The van der Waals surface area contributed by atoms with Gasteiger partial charge in [0.25, 0.3) is 0 Å². The van der Waals surface area contributed by atoms with Gasteiger partial charge in [0.1, 0.15) is 0 Å². The number of aromatic nitrogens is 4. The zero-order valence-electron chi connectivity index (χ0n) is 12.4. The van der Waals surface area contributed by atoms with E-state index in [4.69, 9.17) is 0 Å². The smallest absolute Gasteiger partial charge is 0.191 e. The first-order valence-corrected chi connectivity index (χ1v) is 9.25. The highest BCUT2D eigenvalue weighted by Gasteiger charge is 2.28. The summed E-state index contributed by atoms with van der Waals surface area (Å²) in [5.41, 5.74) is 0.918. The number of pyridine rings is 1. The molecular weight excluding hydrogens is 350 g/mol. The standard InChI is InChI=1S/C16H12F2N4S2/c17-13-4-3-12(6-14(13)18)23-8-11-9-24-16-21-20-15(22(11)16)10-2-1-5-19-7-10/h1-7,11H,8-9H2. The molecule has 0 radical (unpaired) electrons. The van der Waals surface area contributed by atoms with Crippen molar-refractivity contribution in [2.24, 2.45) is 0 Å². The third kappa shape index (κ3) is 2.91. The van der Waals surface area contributed by atoms with Gasteiger partial charge in [-0.05, 0) is 30.3 Å². The van der Waals surface area contributed by atoms with Crippen LogP contribution >= 0.6 is 23.5 Å². The largest absolute Gasteiger partial charge is 0.297 e. The first-order chi connectivity index (χ1) is 11.7. The summed E-state index contributed by atoms with van der Waals surface area (Å²) in [6.07, 6.45) is 3.48. The molecule has 0 saturated heterocycles. The van der Waals surface area contributed by atoms with Crippen molar-refractivity contribution in [1.29, 1.82) is 0 Å². The van der Waals surface area contributed by atoms with E-state index < -0.39 is 11.6 Å². The van der Waals surface area contributed by atoms with Gasteiger partial charge in [-0.1, -0.05) is 11.8 Å². The van der Waals surface area contributed by atoms with Crippen LogP contribution in [0.3, 0.4) is 0 Å². The van der Waals surface area contributed by atoms with Crippen LogP contribution in [0.1, 0.15) is 6.04 Å². The van der Waals surface area contributed by atoms with E-state index >= 15 is 0 Å². The first kappa shape index (κ1) is 15.6. The first-order valence-electron chi connectivity index (χ1n) is 7.28. The Morgan fingerprint density at radius 2 is 2.12 bits per heavy atom. The normalized spacial score (nSPS) is 16.3. The van der Waals surface area contributed by atoms with E-state index in [9.17, 15) is 8.78 Å². The molecule has 3 aromatic rings. The molecule has 4 nitrogen and oxygen atoms in total. The summed E-state index contributed by atoms with van der Waals surface area (Å²) in [5, 5.41) is 9.39. The molecule has 0 amide bonds. The van der Waals surface area contributed by atoms with Crippen LogP contribution in [0.5, 0.6) is 0 Å². The topological polar surface area (TPSA) is 43.6 Å². The molecule has 0 fully saturated rings. The van der Waals surface area contributed by atoms with Gasteiger partial charge in [0, 0.05) is 34.4 Å². The van der Waals surface area contributed by atoms with Gasteiger partial charge in [-0.15, -0.1) is 22.0 Å². The maximum Gasteiger partial charge on any atom is 0.191 e. The molecule has 8 heteroatoms. The van der Waals surface area contributed by atoms with E-state index in [0.29, 0.717) is 4.90 Å². The van der Waals surface area contributed by atoms with Crippen molar-refractivity contribution in [2.75, 3.05) is 11.5 Å². The van der Waals surface area contributed by atoms with Crippen LogP contribution in [0.2, 0.25) is 0 Å². The molecule has 0 N–H and O–H groups in total. The summed E-state index contributed by atoms with van der Waals surface area (Å²) < 4.78 is 28.5. The zero-order valence-corrected chi connectivity index (χ0v) is 14.0. The van der Waals surface area contributed by atoms with Gasteiger partial charge >= 0.3 is 0 Å². The van der Waals surface area contributed by atoms with Crippen LogP contribution in [0, 0.1) is 11.6 Å². The van der Waals surface area contributed by atoms with E-state index in [0.717, 1.165) is 34.1 Å². The van der Waals surface area contributed by atoms with Crippen LogP contribution in [-0.4, -0.2) is 31.3 Å². The van der Waals surface area contributed by atoms with Gasteiger partial charge in [-0.2, -0.15) is 0 Å². The van der Waals surface area contributed by atoms with Crippen LogP contribution in [0.4, 0.5) is 8.78 Å². The van der Waals surface area contributed by atoms with E-state index in [-0.39, 0.29) is 6.04 Å². The lowest BCUT2D eigenvalue weighted by Gasteiger charge is -2.14.